The third-order valence-corrected chi connectivity index (χ3v) is 5.29. The minimum Gasteiger partial charge on any atom is -0.497 e. The summed E-state index contributed by atoms with van der Waals surface area (Å²) in [6.07, 6.45) is 0.951. The van der Waals surface area contributed by atoms with E-state index >= 15 is 0 Å². The lowest BCUT2D eigenvalue weighted by molar-refractivity contribution is 0.414. The molecule has 0 aliphatic carbocycles. The number of aryl methyl sites for hydroxylation is 2. The zero-order valence-corrected chi connectivity index (χ0v) is 15.7. The second kappa shape index (κ2) is 7.33. The van der Waals surface area contributed by atoms with E-state index < -0.39 is 0 Å². The van der Waals surface area contributed by atoms with Crippen molar-refractivity contribution in [3.63, 3.8) is 0 Å². The second-order valence-corrected chi connectivity index (χ2v) is 7.04. The molecule has 0 bridgehead atoms. The van der Waals surface area contributed by atoms with Gasteiger partial charge in [-0.05, 0) is 37.1 Å². The lowest BCUT2D eigenvalue weighted by Crippen LogP contribution is -1.99. The summed E-state index contributed by atoms with van der Waals surface area (Å²) < 4.78 is 7.40. The number of ether oxygens (including phenoxy) is 1. The molecule has 0 saturated carbocycles. The van der Waals surface area contributed by atoms with Crippen molar-refractivity contribution in [2.24, 2.45) is 0 Å². The average molecular weight is 364 g/mol. The van der Waals surface area contributed by atoms with Gasteiger partial charge in [0.05, 0.1) is 12.6 Å². The number of fused-ring (bicyclic) bond motifs is 3. The first-order valence-electron chi connectivity index (χ1n) is 8.67. The van der Waals surface area contributed by atoms with Gasteiger partial charge in [-0.25, -0.2) is 4.98 Å². The highest BCUT2D eigenvalue weighted by atomic mass is 32.2. The van der Waals surface area contributed by atoms with E-state index in [2.05, 4.69) is 46.0 Å². The number of para-hydroxylation sites is 1. The fourth-order valence-electron chi connectivity index (χ4n) is 3.12. The number of hydrogen-bond acceptors (Lipinski definition) is 5. The first-order valence-corrected chi connectivity index (χ1v) is 9.66. The maximum atomic E-state index is 5.19. The highest BCUT2D eigenvalue weighted by Gasteiger charge is 2.13. The normalized spacial score (nSPS) is 11.3. The van der Waals surface area contributed by atoms with Crippen molar-refractivity contribution in [1.29, 1.82) is 0 Å². The quantitative estimate of drug-likeness (QED) is 0.476. The molecule has 2 aromatic carbocycles. The van der Waals surface area contributed by atoms with Gasteiger partial charge >= 0.3 is 0 Å². The molecule has 26 heavy (non-hydrogen) atoms. The van der Waals surface area contributed by atoms with Crippen LogP contribution in [0, 0.1) is 0 Å². The van der Waals surface area contributed by atoms with E-state index in [4.69, 9.17) is 9.72 Å². The van der Waals surface area contributed by atoms with Gasteiger partial charge in [0.15, 0.2) is 5.65 Å². The molecule has 0 fully saturated rings. The molecule has 0 atom stereocenters. The van der Waals surface area contributed by atoms with E-state index in [-0.39, 0.29) is 0 Å². The van der Waals surface area contributed by atoms with Gasteiger partial charge in [-0.2, -0.15) is 0 Å². The molecule has 0 saturated heterocycles. The van der Waals surface area contributed by atoms with Crippen molar-refractivity contribution < 1.29 is 4.74 Å². The first kappa shape index (κ1) is 16.8. The van der Waals surface area contributed by atoms with E-state index in [0.29, 0.717) is 0 Å². The van der Waals surface area contributed by atoms with E-state index in [9.17, 15) is 0 Å². The third kappa shape index (κ3) is 3.12. The summed E-state index contributed by atoms with van der Waals surface area (Å²) >= 11 is 1.64. The summed E-state index contributed by atoms with van der Waals surface area (Å²) in [7, 11) is 1.68. The zero-order valence-electron chi connectivity index (χ0n) is 14.8. The molecule has 0 N–H and O–H groups in total. The molecule has 0 spiro atoms. The molecule has 2 aromatic heterocycles. The van der Waals surface area contributed by atoms with Crippen LogP contribution in [0.5, 0.6) is 5.75 Å². The molecular weight excluding hydrogens is 344 g/mol. The first-order chi connectivity index (χ1) is 12.8. The third-order valence-electron chi connectivity index (χ3n) is 4.45. The van der Waals surface area contributed by atoms with Crippen LogP contribution in [-0.2, 0) is 13.0 Å². The van der Waals surface area contributed by atoms with Gasteiger partial charge in [0.2, 0.25) is 5.16 Å². The predicted octanol–water partition coefficient (Wildman–Crippen LogP) is 4.34. The van der Waals surface area contributed by atoms with Crippen LogP contribution in [0.1, 0.15) is 12.5 Å². The van der Waals surface area contributed by atoms with Gasteiger partial charge in [0.1, 0.15) is 11.3 Å². The monoisotopic (exact) mass is 364 g/mol. The minimum absolute atomic E-state index is 0.725. The Bertz CT molecular complexity index is 1040. The van der Waals surface area contributed by atoms with Crippen molar-refractivity contribution in [3.8, 4) is 5.75 Å². The number of aromatic nitrogens is 4. The highest BCUT2D eigenvalue weighted by Crippen LogP contribution is 2.27. The number of thioether (sulfide) groups is 1. The fraction of sp³-hybridized carbons (Fsp3) is 0.250. The smallest absolute Gasteiger partial charge is 0.211 e. The number of nitrogens with zero attached hydrogens (tertiary/aromatic N) is 4. The fourth-order valence-corrected chi connectivity index (χ4v) is 3.89. The molecule has 5 nitrogen and oxygen atoms in total. The summed E-state index contributed by atoms with van der Waals surface area (Å²) in [4.78, 5) is 4.77. The summed E-state index contributed by atoms with van der Waals surface area (Å²) in [5.41, 5.74) is 4.22. The lowest BCUT2D eigenvalue weighted by atomic mass is 10.2. The summed E-state index contributed by atoms with van der Waals surface area (Å²) in [6.45, 7) is 2.99. The molecule has 0 unspecified atom stereocenters. The van der Waals surface area contributed by atoms with Crippen molar-refractivity contribution in [2.45, 2.75) is 25.0 Å². The SMILES string of the molecule is CCn1c2ccccc2c2nnc(SCCc3ccc(OC)cc3)nc21. The molecule has 0 aliphatic heterocycles. The van der Waals surface area contributed by atoms with Crippen molar-refractivity contribution in [1.82, 2.24) is 19.7 Å². The van der Waals surface area contributed by atoms with Gasteiger partial charge < -0.3 is 9.30 Å². The Hall–Kier alpha value is -2.60. The Morgan fingerprint density at radius 3 is 2.62 bits per heavy atom. The second-order valence-electron chi connectivity index (χ2n) is 5.97. The Kier molecular flexibility index (Phi) is 4.75. The number of benzene rings is 2. The van der Waals surface area contributed by atoms with E-state index in [0.717, 1.165) is 51.7 Å². The van der Waals surface area contributed by atoms with Crippen molar-refractivity contribution >= 4 is 33.8 Å². The number of methoxy groups -OCH3 is 1. The Balaban J connectivity index is 1.54. The number of hydrogen-bond donors (Lipinski definition) is 0. The van der Waals surface area contributed by atoms with E-state index in [1.807, 2.05) is 24.3 Å². The molecule has 6 heteroatoms. The summed E-state index contributed by atoms with van der Waals surface area (Å²) in [5, 5.41) is 10.6. The van der Waals surface area contributed by atoms with Crippen LogP contribution in [0.4, 0.5) is 0 Å². The molecule has 0 aliphatic rings. The van der Waals surface area contributed by atoms with Crippen LogP contribution >= 0.6 is 11.8 Å². The Morgan fingerprint density at radius 1 is 1.04 bits per heavy atom. The maximum absolute atomic E-state index is 5.19. The molecule has 0 radical (unpaired) electrons. The highest BCUT2D eigenvalue weighted by molar-refractivity contribution is 7.99. The summed E-state index contributed by atoms with van der Waals surface area (Å²) in [6, 6.07) is 16.4. The lowest BCUT2D eigenvalue weighted by Gasteiger charge is -2.04. The Labute approximate surface area is 156 Å². The average Bonchev–Trinajstić information content (AvgIpc) is 3.01. The van der Waals surface area contributed by atoms with Crippen molar-refractivity contribution in [2.75, 3.05) is 12.9 Å². The minimum atomic E-state index is 0.725. The maximum Gasteiger partial charge on any atom is 0.211 e. The summed E-state index contributed by atoms with van der Waals surface area (Å²) in [5.74, 6) is 1.79. The number of rotatable bonds is 6. The van der Waals surface area contributed by atoms with Crippen LogP contribution in [-0.4, -0.2) is 32.6 Å². The van der Waals surface area contributed by atoms with Crippen LogP contribution in [0.2, 0.25) is 0 Å². The molecule has 132 valence electrons. The van der Waals surface area contributed by atoms with Gasteiger partial charge in [-0.15, -0.1) is 10.2 Å². The van der Waals surface area contributed by atoms with Gasteiger partial charge in [0.25, 0.3) is 0 Å². The predicted molar refractivity (Wildman–Crippen MR) is 106 cm³/mol. The molecular formula is C20H20N4OS. The van der Waals surface area contributed by atoms with Crippen LogP contribution in [0.15, 0.2) is 53.7 Å². The van der Waals surface area contributed by atoms with Crippen molar-refractivity contribution in [3.05, 3.63) is 54.1 Å². The van der Waals surface area contributed by atoms with Gasteiger partial charge in [-0.1, -0.05) is 42.1 Å². The van der Waals surface area contributed by atoms with Gasteiger partial charge in [0, 0.05) is 17.7 Å². The molecule has 4 rings (SSSR count). The van der Waals surface area contributed by atoms with Gasteiger partial charge in [-0.3, -0.25) is 0 Å². The van der Waals surface area contributed by atoms with Crippen LogP contribution < -0.4 is 4.74 Å². The zero-order chi connectivity index (χ0) is 17.9. The van der Waals surface area contributed by atoms with E-state index in [1.54, 1.807) is 18.9 Å². The van der Waals surface area contributed by atoms with E-state index in [1.165, 1.54) is 5.56 Å². The van der Waals surface area contributed by atoms with Crippen LogP contribution in [0.25, 0.3) is 22.1 Å². The molecule has 4 aromatic rings. The Morgan fingerprint density at radius 2 is 1.85 bits per heavy atom. The molecule has 0 amide bonds. The standard InChI is InChI=1S/C20H20N4OS/c1-3-24-17-7-5-4-6-16(17)18-19(24)21-20(23-22-18)26-13-12-14-8-10-15(25-2)11-9-14/h4-11H,3,12-13H2,1-2H3. The molecule has 2 heterocycles. The topological polar surface area (TPSA) is 52.8 Å². The largest absolute Gasteiger partial charge is 0.497 e. The van der Waals surface area contributed by atoms with Crippen LogP contribution in [0.3, 0.4) is 0 Å².